The Hall–Kier alpha value is -3.22. The molecule has 2 heterocycles. The monoisotopic (exact) mass is 510 g/mol. The molecule has 2 saturated heterocycles. The van der Waals surface area contributed by atoms with E-state index in [1.54, 1.807) is 0 Å². The van der Waals surface area contributed by atoms with Crippen LogP contribution in [0.5, 0.6) is 0 Å². The molecule has 0 saturated carbocycles. The number of hydrogen-bond acceptors (Lipinski definition) is 4. The second-order valence-electron chi connectivity index (χ2n) is 11.1. The van der Waals surface area contributed by atoms with Gasteiger partial charge in [0.1, 0.15) is 0 Å². The van der Waals surface area contributed by atoms with E-state index < -0.39 is 5.91 Å². The maximum absolute atomic E-state index is 14.6. The third kappa shape index (κ3) is 4.72. The predicted octanol–water partition coefficient (Wildman–Crippen LogP) is 5.00. The van der Waals surface area contributed by atoms with E-state index in [-0.39, 0.29) is 5.91 Å². The minimum absolute atomic E-state index is 0.0729. The molecule has 0 bridgehead atoms. The van der Waals surface area contributed by atoms with Crippen molar-refractivity contribution in [1.29, 1.82) is 0 Å². The molecule has 0 spiro atoms. The van der Waals surface area contributed by atoms with E-state index in [2.05, 4.69) is 28.0 Å². The molecule has 3 aromatic carbocycles. The molecule has 6 heteroatoms. The molecule has 6 rings (SSSR count). The summed E-state index contributed by atoms with van der Waals surface area (Å²) in [7, 11) is 0. The Morgan fingerprint density at radius 2 is 1.32 bits per heavy atom. The number of nitrogens with zero attached hydrogens (tertiary/aromatic N) is 3. The van der Waals surface area contributed by atoms with Gasteiger partial charge in [0.15, 0.2) is 0 Å². The van der Waals surface area contributed by atoms with E-state index >= 15 is 0 Å². The highest BCUT2D eigenvalue weighted by molar-refractivity contribution is 6.24. The van der Waals surface area contributed by atoms with Crippen molar-refractivity contribution in [2.45, 2.75) is 38.5 Å². The van der Waals surface area contributed by atoms with Crippen LogP contribution >= 0.6 is 0 Å². The summed E-state index contributed by atoms with van der Waals surface area (Å²) in [6, 6.07) is 16.2. The van der Waals surface area contributed by atoms with Crippen LogP contribution < -0.4 is 5.73 Å². The molecule has 3 aliphatic rings. The van der Waals surface area contributed by atoms with E-state index in [1.807, 2.05) is 35.2 Å². The van der Waals surface area contributed by atoms with Gasteiger partial charge >= 0.3 is 0 Å². The summed E-state index contributed by atoms with van der Waals surface area (Å²) in [6.45, 7) is 7.43. The molecular formula is C32H38N4O2. The van der Waals surface area contributed by atoms with Crippen molar-refractivity contribution in [1.82, 2.24) is 14.7 Å². The van der Waals surface area contributed by atoms with E-state index in [0.29, 0.717) is 24.2 Å². The Kier molecular flexibility index (Phi) is 7.18. The van der Waals surface area contributed by atoms with Crippen LogP contribution in [0.1, 0.15) is 59.2 Å². The van der Waals surface area contributed by atoms with Crippen molar-refractivity contribution >= 4 is 22.6 Å². The lowest BCUT2D eigenvalue weighted by molar-refractivity contribution is 0.0697. The first-order valence-corrected chi connectivity index (χ1v) is 14.3. The third-order valence-electron chi connectivity index (χ3n) is 8.69. The fourth-order valence-corrected chi connectivity index (χ4v) is 6.67. The number of hydrogen-bond donors (Lipinski definition) is 1. The Bertz CT molecular complexity index is 1330. The third-order valence-corrected chi connectivity index (χ3v) is 8.69. The summed E-state index contributed by atoms with van der Waals surface area (Å²) in [5.74, 6) is -0.621. The van der Waals surface area contributed by atoms with Gasteiger partial charge in [0.2, 0.25) is 5.91 Å². The molecule has 2 N–H and O–H groups in total. The van der Waals surface area contributed by atoms with Crippen LogP contribution in [0.4, 0.5) is 0 Å². The molecule has 2 aliphatic heterocycles. The molecule has 1 aliphatic carbocycles. The summed E-state index contributed by atoms with van der Waals surface area (Å²) in [6.07, 6.45) is 7.48. The molecule has 0 radical (unpaired) electrons. The number of piperidine rings is 2. The van der Waals surface area contributed by atoms with Crippen molar-refractivity contribution in [2.24, 2.45) is 5.73 Å². The van der Waals surface area contributed by atoms with Crippen LogP contribution in [-0.4, -0.2) is 78.9 Å². The predicted molar refractivity (Wildman–Crippen MR) is 153 cm³/mol. The number of carbonyl (C=O) groups excluding carboxylic acids is 2. The zero-order valence-electron chi connectivity index (χ0n) is 22.3. The Morgan fingerprint density at radius 1 is 0.737 bits per heavy atom. The van der Waals surface area contributed by atoms with Crippen LogP contribution in [0.3, 0.4) is 0 Å². The van der Waals surface area contributed by atoms with E-state index in [1.165, 1.54) is 38.5 Å². The molecule has 0 atom stereocenters. The Labute approximate surface area is 225 Å². The number of primary amides is 1. The van der Waals surface area contributed by atoms with Crippen LogP contribution in [0.25, 0.3) is 33.0 Å². The van der Waals surface area contributed by atoms with Gasteiger partial charge in [-0.25, -0.2) is 0 Å². The van der Waals surface area contributed by atoms with Crippen LogP contribution in [0.15, 0.2) is 48.5 Å². The highest BCUT2D eigenvalue weighted by Crippen LogP contribution is 2.49. The van der Waals surface area contributed by atoms with Gasteiger partial charge in [-0.15, -0.1) is 0 Å². The van der Waals surface area contributed by atoms with Gasteiger partial charge in [-0.1, -0.05) is 55.3 Å². The van der Waals surface area contributed by atoms with Crippen LogP contribution in [-0.2, 0) is 0 Å². The molecular weight excluding hydrogens is 472 g/mol. The van der Waals surface area contributed by atoms with E-state index in [4.69, 9.17) is 5.73 Å². The van der Waals surface area contributed by atoms with Crippen LogP contribution in [0, 0.1) is 0 Å². The number of rotatable bonds is 8. The number of likely N-dealkylation sites (tertiary alicyclic amines) is 2. The molecule has 0 aromatic heterocycles. The topological polar surface area (TPSA) is 69.9 Å². The smallest absolute Gasteiger partial charge is 0.255 e. The van der Waals surface area contributed by atoms with E-state index in [0.717, 1.165) is 72.3 Å². The van der Waals surface area contributed by atoms with Gasteiger partial charge < -0.3 is 20.4 Å². The molecule has 3 aromatic rings. The zero-order valence-corrected chi connectivity index (χ0v) is 22.3. The maximum Gasteiger partial charge on any atom is 0.255 e. The van der Waals surface area contributed by atoms with Gasteiger partial charge in [0, 0.05) is 31.7 Å². The first-order valence-electron chi connectivity index (χ1n) is 14.3. The average molecular weight is 511 g/mol. The first-order chi connectivity index (χ1) is 18.6. The van der Waals surface area contributed by atoms with Crippen molar-refractivity contribution in [3.05, 3.63) is 59.7 Å². The lowest BCUT2D eigenvalue weighted by Crippen LogP contribution is -2.45. The zero-order chi connectivity index (χ0) is 26.1. The minimum Gasteiger partial charge on any atom is -0.366 e. The minimum atomic E-state index is -0.548. The van der Waals surface area contributed by atoms with Gasteiger partial charge in [-0.3, -0.25) is 9.59 Å². The Balaban J connectivity index is 1.40. The van der Waals surface area contributed by atoms with Gasteiger partial charge in [-0.2, -0.15) is 0 Å². The molecule has 6 nitrogen and oxygen atoms in total. The largest absolute Gasteiger partial charge is 0.366 e. The van der Waals surface area contributed by atoms with Crippen molar-refractivity contribution in [3.8, 4) is 22.3 Å². The van der Waals surface area contributed by atoms with Gasteiger partial charge in [0.05, 0.1) is 11.1 Å². The summed E-state index contributed by atoms with van der Waals surface area (Å²) in [4.78, 5) is 34.3. The second kappa shape index (κ2) is 10.9. The lowest BCUT2D eigenvalue weighted by atomic mass is 9.91. The maximum atomic E-state index is 14.6. The summed E-state index contributed by atoms with van der Waals surface area (Å²) in [5, 5.41) is 2.00. The number of nitrogens with two attached hydrogens (primary N) is 1. The fourth-order valence-electron chi connectivity index (χ4n) is 6.67. The standard InChI is InChI=1S/C32H38N4O2/c33-31(37)27-22-23-10-9-13-25-24-11-3-4-12-26(24)29(28(23)25)30(27)32(38)36(20-18-34-14-5-1-6-15-34)21-19-35-16-7-2-8-17-35/h3-4,9-13,22H,1-2,5-8,14-21H2,(H2,33,37). The number of fused-ring (bicyclic) bond motifs is 3. The number of amides is 2. The summed E-state index contributed by atoms with van der Waals surface area (Å²) >= 11 is 0. The van der Waals surface area contributed by atoms with Crippen molar-refractivity contribution in [3.63, 3.8) is 0 Å². The first kappa shape index (κ1) is 25.1. The average Bonchev–Trinajstić information content (AvgIpc) is 3.29. The number of carbonyl (C=O) groups is 2. The highest BCUT2D eigenvalue weighted by Gasteiger charge is 2.32. The highest BCUT2D eigenvalue weighted by atomic mass is 16.2. The van der Waals surface area contributed by atoms with Crippen molar-refractivity contribution in [2.75, 3.05) is 52.4 Å². The summed E-state index contributed by atoms with van der Waals surface area (Å²) < 4.78 is 0. The van der Waals surface area contributed by atoms with Crippen molar-refractivity contribution < 1.29 is 9.59 Å². The number of benzene rings is 3. The Morgan fingerprint density at radius 3 is 1.92 bits per heavy atom. The SMILES string of the molecule is NC(=O)c1cc2cccc3c2c(c1C(=O)N(CCN1CCCCC1)CCN1CCCCC1)-c1ccccc1-3. The molecule has 0 unspecified atom stereocenters. The summed E-state index contributed by atoms with van der Waals surface area (Å²) in [5.41, 5.74) is 10.9. The van der Waals surface area contributed by atoms with E-state index in [9.17, 15) is 9.59 Å². The lowest BCUT2D eigenvalue weighted by Gasteiger charge is -2.33. The molecule has 38 heavy (non-hydrogen) atoms. The quantitative estimate of drug-likeness (QED) is 0.362. The molecule has 2 amide bonds. The fraction of sp³-hybridized carbons (Fsp3) is 0.438. The van der Waals surface area contributed by atoms with Crippen LogP contribution in [0.2, 0.25) is 0 Å². The molecule has 198 valence electrons. The van der Waals surface area contributed by atoms with Gasteiger partial charge in [-0.05, 0) is 85.4 Å². The normalized spacial score (nSPS) is 17.5. The van der Waals surface area contributed by atoms with Gasteiger partial charge in [0.25, 0.3) is 5.91 Å². The second-order valence-corrected chi connectivity index (χ2v) is 11.1. The molecule has 2 fully saturated rings.